The van der Waals surface area contributed by atoms with Gasteiger partial charge in [0.1, 0.15) is 17.3 Å². The van der Waals surface area contributed by atoms with Crippen molar-refractivity contribution in [1.82, 2.24) is 14.9 Å². The Labute approximate surface area is 170 Å². The first kappa shape index (κ1) is 18.2. The van der Waals surface area contributed by atoms with Crippen LogP contribution in [0.5, 0.6) is 5.75 Å². The molecule has 3 heterocycles. The van der Waals surface area contributed by atoms with Gasteiger partial charge in [0, 0.05) is 12.5 Å². The van der Waals surface area contributed by atoms with Crippen molar-refractivity contribution in [3.8, 4) is 5.75 Å². The smallest absolute Gasteiger partial charge is 0.331 e. The molecule has 0 unspecified atom stereocenters. The Morgan fingerprint density at radius 1 is 1.21 bits per heavy atom. The number of urea groups is 1. The summed E-state index contributed by atoms with van der Waals surface area (Å²) in [5.74, 6) is 3.21. The number of rotatable bonds is 5. The van der Waals surface area contributed by atoms with E-state index in [4.69, 9.17) is 9.98 Å². The quantitative estimate of drug-likeness (QED) is 0.810. The van der Waals surface area contributed by atoms with E-state index in [-0.39, 0.29) is 17.8 Å². The van der Waals surface area contributed by atoms with E-state index in [9.17, 15) is 9.90 Å². The molecule has 2 aromatic rings. The molecule has 0 spiro atoms. The fourth-order valence-electron chi connectivity index (χ4n) is 4.75. The summed E-state index contributed by atoms with van der Waals surface area (Å²) in [5.41, 5.74) is 2.00. The Hall–Kier alpha value is -2.83. The van der Waals surface area contributed by atoms with E-state index in [0.717, 1.165) is 54.4 Å². The van der Waals surface area contributed by atoms with Gasteiger partial charge in [-0.25, -0.2) is 9.78 Å². The molecule has 1 aliphatic carbocycles. The topological polar surface area (TPSA) is 84.8 Å². The van der Waals surface area contributed by atoms with Crippen LogP contribution in [0.2, 0.25) is 0 Å². The van der Waals surface area contributed by atoms with Crippen LogP contribution in [0, 0.1) is 0 Å². The normalized spacial score (nSPS) is 21.5. The fraction of sp³-hybridized carbons (Fsp3) is 0.500. The Balaban J connectivity index is 1.47. The molecule has 0 bridgehead atoms. The standard InChI is InChI=1S/C22H27N5O2/c1-2-11-26-21-18(24-19(25-21)15-5-3-4-6-15)20-23-16(13-27(20)22(26)29)12-14-7-9-17(28)10-8-14/h7-10,15-16,28H,2-6,11-13H2,1H3,(H,24,25)/t16-/m1/s1. The zero-order valence-electron chi connectivity index (χ0n) is 16.8. The third-order valence-corrected chi connectivity index (χ3v) is 6.19. The van der Waals surface area contributed by atoms with Crippen LogP contribution in [0.4, 0.5) is 10.6 Å². The van der Waals surface area contributed by atoms with Crippen LogP contribution in [0.15, 0.2) is 29.3 Å². The summed E-state index contributed by atoms with van der Waals surface area (Å²) in [5, 5.41) is 9.50. The van der Waals surface area contributed by atoms with Crippen LogP contribution in [-0.4, -0.2) is 51.0 Å². The van der Waals surface area contributed by atoms with Crippen molar-refractivity contribution in [2.45, 2.75) is 57.4 Å². The zero-order valence-corrected chi connectivity index (χ0v) is 16.8. The molecular formula is C22H27N5O2. The van der Waals surface area contributed by atoms with E-state index in [1.807, 2.05) is 17.0 Å². The largest absolute Gasteiger partial charge is 0.508 e. The van der Waals surface area contributed by atoms with Crippen LogP contribution in [0.3, 0.4) is 0 Å². The third kappa shape index (κ3) is 3.18. The molecule has 1 fully saturated rings. The van der Waals surface area contributed by atoms with Crippen molar-refractivity contribution in [1.29, 1.82) is 0 Å². The lowest BCUT2D eigenvalue weighted by Gasteiger charge is -2.32. The van der Waals surface area contributed by atoms with Gasteiger partial charge < -0.3 is 10.1 Å². The van der Waals surface area contributed by atoms with Gasteiger partial charge in [-0.15, -0.1) is 0 Å². The first-order valence-electron chi connectivity index (χ1n) is 10.7. The van der Waals surface area contributed by atoms with Gasteiger partial charge in [0.05, 0.1) is 12.6 Å². The molecule has 152 valence electrons. The van der Waals surface area contributed by atoms with Crippen molar-refractivity contribution in [3.63, 3.8) is 0 Å². The molecule has 3 aliphatic rings. The average molecular weight is 393 g/mol. The van der Waals surface area contributed by atoms with Crippen LogP contribution < -0.4 is 4.90 Å². The number of phenols is 1. The summed E-state index contributed by atoms with van der Waals surface area (Å²) >= 11 is 0. The lowest BCUT2D eigenvalue weighted by atomic mass is 10.1. The van der Waals surface area contributed by atoms with Gasteiger partial charge in [0.2, 0.25) is 0 Å². The highest BCUT2D eigenvalue weighted by atomic mass is 16.3. The number of aromatic amines is 1. The maximum absolute atomic E-state index is 13.2. The SMILES string of the molecule is CCCN1C(=O)N2C[C@@H](Cc3ccc(O)cc3)N=C2c2[nH]c(C3CCCC3)nc21. The summed E-state index contributed by atoms with van der Waals surface area (Å²) in [6, 6.07) is 7.21. The van der Waals surface area contributed by atoms with Crippen LogP contribution >= 0.6 is 0 Å². The van der Waals surface area contributed by atoms with Crippen molar-refractivity contribution < 1.29 is 9.90 Å². The second-order valence-electron chi connectivity index (χ2n) is 8.32. The minimum absolute atomic E-state index is 0.00569. The molecule has 5 rings (SSSR count). The van der Waals surface area contributed by atoms with E-state index in [1.54, 1.807) is 17.0 Å². The monoisotopic (exact) mass is 393 g/mol. The molecule has 0 saturated heterocycles. The number of aliphatic imine (C=N–C) groups is 1. The Morgan fingerprint density at radius 3 is 2.69 bits per heavy atom. The fourth-order valence-corrected chi connectivity index (χ4v) is 4.75. The number of phenolic OH excluding ortho intramolecular Hbond substituents is 1. The highest BCUT2D eigenvalue weighted by Crippen LogP contribution is 2.37. The van der Waals surface area contributed by atoms with E-state index in [2.05, 4.69) is 11.9 Å². The number of benzene rings is 1. The number of anilines is 1. The number of H-pyrrole nitrogens is 1. The minimum Gasteiger partial charge on any atom is -0.508 e. The van der Waals surface area contributed by atoms with Gasteiger partial charge in [0.25, 0.3) is 0 Å². The Bertz CT molecular complexity index is 943. The maximum atomic E-state index is 13.2. The first-order chi connectivity index (χ1) is 14.1. The molecule has 2 aliphatic heterocycles. The third-order valence-electron chi connectivity index (χ3n) is 6.19. The second-order valence-corrected chi connectivity index (χ2v) is 8.32. The molecule has 1 saturated carbocycles. The molecule has 1 atom stereocenters. The number of hydrogen-bond donors (Lipinski definition) is 2. The number of amides is 2. The van der Waals surface area contributed by atoms with Gasteiger partial charge in [-0.3, -0.25) is 14.8 Å². The molecule has 1 aromatic carbocycles. The number of carbonyl (C=O) groups excluding carboxylic acids is 1. The number of aromatic hydroxyl groups is 1. The number of fused-ring (bicyclic) bond motifs is 3. The van der Waals surface area contributed by atoms with E-state index < -0.39 is 0 Å². The molecular weight excluding hydrogens is 366 g/mol. The van der Waals surface area contributed by atoms with Gasteiger partial charge in [-0.05, 0) is 43.4 Å². The lowest BCUT2D eigenvalue weighted by Crippen LogP contribution is -2.50. The van der Waals surface area contributed by atoms with Crippen molar-refractivity contribution in [2.24, 2.45) is 4.99 Å². The lowest BCUT2D eigenvalue weighted by molar-refractivity contribution is 0.226. The maximum Gasteiger partial charge on any atom is 0.331 e. The van der Waals surface area contributed by atoms with Crippen LogP contribution in [0.1, 0.15) is 62.0 Å². The molecule has 2 N–H and O–H groups in total. The van der Waals surface area contributed by atoms with Crippen molar-refractivity contribution >= 4 is 17.7 Å². The van der Waals surface area contributed by atoms with Gasteiger partial charge in [-0.2, -0.15) is 0 Å². The Kier molecular flexibility index (Phi) is 4.53. The van der Waals surface area contributed by atoms with E-state index >= 15 is 0 Å². The summed E-state index contributed by atoms with van der Waals surface area (Å²) in [6.07, 6.45) is 6.43. The van der Waals surface area contributed by atoms with Gasteiger partial charge >= 0.3 is 6.03 Å². The molecule has 1 aromatic heterocycles. The van der Waals surface area contributed by atoms with E-state index in [1.165, 1.54) is 12.8 Å². The van der Waals surface area contributed by atoms with Crippen molar-refractivity contribution in [2.75, 3.05) is 18.0 Å². The number of carbonyl (C=O) groups is 1. The number of aromatic nitrogens is 2. The number of amidine groups is 1. The van der Waals surface area contributed by atoms with Gasteiger partial charge in [-0.1, -0.05) is 31.9 Å². The van der Waals surface area contributed by atoms with Gasteiger partial charge in [0.15, 0.2) is 11.7 Å². The summed E-state index contributed by atoms with van der Waals surface area (Å²) in [4.78, 5) is 30.2. The molecule has 7 heteroatoms. The predicted molar refractivity (Wildman–Crippen MR) is 112 cm³/mol. The summed E-state index contributed by atoms with van der Waals surface area (Å²) < 4.78 is 0. The number of hydrogen-bond acceptors (Lipinski definition) is 4. The first-order valence-corrected chi connectivity index (χ1v) is 10.7. The van der Waals surface area contributed by atoms with Crippen LogP contribution in [0.25, 0.3) is 0 Å². The average Bonchev–Trinajstić information content (AvgIpc) is 3.45. The number of nitrogens with zero attached hydrogens (tertiary/aromatic N) is 4. The Morgan fingerprint density at radius 2 is 1.97 bits per heavy atom. The van der Waals surface area contributed by atoms with Crippen molar-refractivity contribution in [3.05, 3.63) is 41.3 Å². The molecule has 2 amide bonds. The van der Waals surface area contributed by atoms with Crippen LogP contribution in [-0.2, 0) is 6.42 Å². The summed E-state index contributed by atoms with van der Waals surface area (Å²) in [6.45, 7) is 3.32. The number of imidazole rings is 1. The highest BCUT2D eigenvalue weighted by Gasteiger charge is 2.42. The number of nitrogens with one attached hydrogen (secondary N) is 1. The second kappa shape index (κ2) is 7.21. The molecule has 29 heavy (non-hydrogen) atoms. The molecule has 0 radical (unpaired) electrons. The predicted octanol–water partition coefficient (Wildman–Crippen LogP) is 3.80. The minimum atomic E-state index is -0.0178. The zero-order chi connectivity index (χ0) is 20.0. The highest BCUT2D eigenvalue weighted by molar-refractivity contribution is 6.18. The summed E-state index contributed by atoms with van der Waals surface area (Å²) in [7, 11) is 0. The molecule has 7 nitrogen and oxygen atoms in total. The van der Waals surface area contributed by atoms with E-state index in [0.29, 0.717) is 19.0 Å².